The molecule has 0 saturated carbocycles. The number of hydrogen-bond donors (Lipinski definition) is 2. The van der Waals surface area contributed by atoms with E-state index in [0.29, 0.717) is 18.1 Å². The van der Waals surface area contributed by atoms with E-state index in [9.17, 15) is 9.59 Å². The summed E-state index contributed by atoms with van der Waals surface area (Å²) in [5.41, 5.74) is 6.34. The predicted molar refractivity (Wildman–Crippen MR) is 77.5 cm³/mol. The minimum absolute atomic E-state index is 0.104. The summed E-state index contributed by atoms with van der Waals surface area (Å²) >= 11 is 0. The number of ether oxygens (including phenoxy) is 3. The third kappa shape index (κ3) is 4.55. The van der Waals surface area contributed by atoms with Crippen LogP contribution < -0.4 is 20.5 Å². The number of esters is 1. The van der Waals surface area contributed by atoms with E-state index in [4.69, 9.17) is 19.9 Å². The van der Waals surface area contributed by atoms with E-state index in [1.807, 2.05) is 0 Å². The second kappa shape index (κ2) is 7.98. The fraction of sp³-hybridized carbons (Fsp3) is 0.429. The van der Waals surface area contributed by atoms with Gasteiger partial charge in [0.1, 0.15) is 0 Å². The number of nitrogens with two attached hydrogens (primary N) is 1. The normalized spacial score (nSPS) is 9.86. The summed E-state index contributed by atoms with van der Waals surface area (Å²) in [6.45, 7) is 2.21. The van der Waals surface area contributed by atoms with E-state index in [0.717, 1.165) is 0 Å². The van der Waals surface area contributed by atoms with Crippen molar-refractivity contribution in [2.75, 3.05) is 33.1 Å². The molecule has 0 spiro atoms. The molecular formula is C14H20N2O5. The summed E-state index contributed by atoms with van der Waals surface area (Å²) in [5, 5.41) is 2.60. The van der Waals surface area contributed by atoms with E-state index in [2.05, 4.69) is 5.32 Å². The van der Waals surface area contributed by atoms with Crippen LogP contribution in [0.1, 0.15) is 23.7 Å². The zero-order valence-electron chi connectivity index (χ0n) is 12.4. The molecule has 3 N–H and O–H groups in total. The van der Waals surface area contributed by atoms with Crippen molar-refractivity contribution >= 4 is 17.6 Å². The molecule has 0 heterocycles. The number of hydrogen-bond acceptors (Lipinski definition) is 6. The maximum Gasteiger partial charge on any atom is 0.307 e. The highest BCUT2D eigenvalue weighted by atomic mass is 16.5. The Morgan fingerprint density at radius 1 is 1.19 bits per heavy atom. The Kier molecular flexibility index (Phi) is 6.32. The summed E-state index contributed by atoms with van der Waals surface area (Å²) in [6, 6.07) is 3.01. The number of anilines is 1. The summed E-state index contributed by atoms with van der Waals surface area (Å²) < 4.78 is 15.0. The topological polar surface area (TPSA) is 99.9 Å². The Bertz CT molecular complexity index is 516. The van der Waals surface area contributed by atoms with Crippen LogP contribution in [-0.2, 0) is 9.53 Å². The van der Waals surface area contributed by atoms with Gasteiger partial charge in [-0.05, 0) is 13.0 Å². The molecule has 1 aromatic carbocycles. The van der Waals surface area contributed by atoms with E-state index in [1.165, 1.54) is 26.4 Å². The lowest BCUT2D eigenvalue weighted by atomic mass is 10.1. The predicted octanol–water partition coefficient (Wildman–Crippen LogP) is 0.969. The quantitative estimate of drug-likeness (QED) is 0.574. The lowest BCUT2D eigenvalue weighted by Gasteiger charge is -2.12. The highest BCUT2D eigenvalue weighted by Gasteiger charge is 2.15. The van der Waals surface area contributed by atoms with Crippen LogP contribution in [0, 0.1) is 0 Å². The van der Waals surface area contributed by atoms with Gasteiger partial charge in [0.2, 0.25) is 0 Å². The van der Waals surface area contributed by atoms with E-state index in [-0.39, 0.29) is 30.2 Å². The Hall–Kier alpha value is -2.44. The van der Waals surface area contributed by atoms with Gasteiger partial charge in [0.05, 0.1) is 32.8 Å². The number of methoxy groups -OCH3 is 2. The van der Waals surface area contributed by atoms with Gasteiger partial charge in [-0.15, -0.1) is 0 Å². The van der Waals surface area contributed by atoms with Gasteiger partial charge in [-0.1, -0.05) is 0 Å². The average molecular weight is 296 g/mol. The summed E-state index contributed by atoms with van der Waals surface area (Å²) in [7, 11) is 2.95. The number of nitrogen functional groups attached to an aromatic ring is 1. The van der Waals surface area contributed by atoms with Crippen molar-refractivity contribution < 1.29 is 23.8 Å². The van der Waals surface area contributed by atoms with Crippen molar-refractivity contribution in [2.24, 2.45) is 0 Å². The van der Waals surface area contributed by atoms with Gasteiger partial charge in [-0.3, -0.25) is 9.59 Å². The third-order valence-electron chi connectivity index (χ3n) is 2.72. The fourth-order valence-corrected chi connectivity index (χ4v) is 1.70. The van der Waals surface area contributed by atoms with E-state index >= 15 is 0 Å². The third-order valence-corrected chi connectivity index (χ3v) is 2.72. The molecule has 0 aromatic heterocycles. The van der Waals surface area contributed by atoms with Gasteiger partial charge in [-0.25, -0.2) is 0 Å². The molecule has 0 atom stereocenters. The summed E-state index contributed by atoms with van der Waals surface area (Å²) in [4.78, 5) is 23.2. The number of carbonyl (C=O) groups is 2. The molecule has 0 unspecified atom stereocenters. The van der Waals surface area contributed by atoms with E-state index in [1.54, 1.807) is 6.92 Å². The molecular weight excluding hydrogens is 276 g/mol. The van der Waals surface area contributed by atoms with Gasteiger partial charge >= 0.3 is 5.97 Å². The first-order valence-electron chi connectivity index (χ1n) is 6.48. The second-order valence-corrected chi connectivity index (χ2v) is 4.11. The summed E-state index contributed by atoms with van der Waals surface area (Å²) in [6.07, 6.45) is 0.104. The molecule has 1 rings (SSSR count). The van der Waals surface area contributed by atoms with Crippen LogP contribution >= 0.6 is 0 Å². The van der Waals surface area contributed by atoms with Crippen LogP contribution in [-0.4, -0.2) is 39.2 Å². The highest BCUT2D eigenvalue weighted by Crippen LogP contribution is 2.31. The number of benzene rings is 1. The van der Waals surface area contributed by atoms with E-state index < -0.39 is 5.91 Å². The zero-order valence-corrected chi connectivity index (χ0v) is 12.4. The molecule has 0 aliphatic carbocycles. The Labute approximate surface area is 123 Å². The molecule has 0 radical (unpaired) electrons. The van der Waals surface area contributed by atoms with Crippen molar-refractivity contribution in [1.82, 2.24) is 5.32 Å². The van der Waals surface area contributed by atoms with Gasteiger partial charge in [0, 0.05) is 18.3 Å². The standard InChI is InChI=1S/C14H20N2O5/c1-4-21-13(17)5-6-16-14(18)9-7-11(19-2)12(20-3)8-10(9)15/h7-8H,4-6,15H2,1-3H3,(H,16,18). The number of carbonyl (C=O) groups excluding carboxylic acids is 2. The van der Waals surface area contributed by atoms with Crippen LogP contribution in [0.3, 0.4) is 0 Å². The number of rotatable bonds is 7. The minimum Gasteiger partial charge on any atom is -0.493 e. The minimum atomic E-state index is -0.391. The molecule has 0 aliphatic heterocycles. The van der Waals surface area contributed by atoms with Gasteiger partial charge in [0.25, 0.3) is 5.91 Å². The number of nitrogens with one attached hydrogen (secondary N) is 1. The molecule has 1 aromatic rings. The molecule has 0 bridgehead atoms. The van der Waals surface area contributed by atoms with Crippen molar-refractivity contribution in [3.05, 3.63) is 17.7 Å². The SMILES string of the molecule is CCOC(=O)CCNC(=O)c1cc(OC)c(OC)cc1N. The van der Waals surface area contributed by atoms with Crippen molar-refractivity contribution in [2.45, 2.75) is 13.3 Å². The first-order valence-corrected chi connectivity index (χ1v) is 6.48. The molecule has 0 fully saturated rings. The maximum absolute atomic E-state index is 12.0. The van der Waals surface area contributed by atoms with Crippen LogP contribution in [0.2, 0.25) is 0 Å². The Morgan fingerprint density at radius 2 is 1.81 bits per heavy atom. The first kappa shape index (κ1) is 16.6. The molecule has 116 valence electrons. The fourth-order valence-electron chi connectivity index (χ4n) is 1.70. The molecule has 7 nitrogen and oxygen atoms in total. The van der Waals surface area contributed by atoms with Gasteiger partial charge in [0.15, 0.2) is 11.5 Å². The van der Waals surface area contributed by atoms with Crippen LogP contribution in [0.15, 0.2) is 12.1 Å². The van der Waals surface area contributed by atoms with Crippen molar-refractivity contribution in [1.29, 1.82) is 0 Å². The second-order valence-electron chi connectivity index (χ2n) is 4.11. The average Bonchev–Trinajstić information content (AvgIpc) is 2.46. The lowest BCUT2D eigenvalue weighted by Crippen LogP contribution is -2.27. The van der Waals surface area contributed by atoms with Gasteiger partial charge in [-0.2, -0.15) is 0 Å². The van der Waals surface area contributed by atoms with Crippen LogP contribution in [0.5, 0.6) is 11.5 Å². The molecule has 7 heteroatoms. The summed E-state index contributed by atoms with van der Waals surface area (Å²) in [5.74, 6) is 0.0937. The highest BCUT2D eigenvalue weighted by molar-refractivity contribution is 6.00. The molecule has 21 heavy (non-hydrogen) atoms. The monoisotopic (exact) mass is 296 g/mol. The zero-order chi connectivity index (χ0) is 15.8. The largest absolute Gasteiger partial charge is 0.493 e. The first-order chi connectivity index (χ1) is 10.0. The number of amides is 1. The lowest BCUT2D eigenvalue weighted by molar-refractivity contribution is -0.142. The van der Waals surface area contributed by atoms with Crippen molar-refractivity contribution in [3.8, 4) is 11.5 Å². The van der Waals surface area contributed by atoms with Crippen LogP contribution in [0.25, 0.3) is 0 Å². The Morgan fingerprint density at radius 3 is 2.38 bits per heavy atom. The molecule has 1 amide bonds. The maximum atomic E-state index is 12.0. The van der Waals surface area contributed by atoms with Crippen molar-refractivity contribution in [3.63, 3.8) is 0 Å². The Balaban J connectivity index is 2.72. The van der Waals surface area contributed by atoms with Crippen LogP contribution in [0.4, 0.5) is 5.69 Å². The van der Waals surface area contributed by atoms with Gasteiger partial charge < -0.3 is 25.3 Å². The molecule has 0 saturated heterocycles. The smallest absolute Gasteiger partial charge is 0.307 e. The molecule has 0 aliphatic rings.